The first kappa shape index (κ1) is 25.5. The van der Waals surface area contributed by atoms with Crippen molar-refractivity contribution >= 4 is 11.9 Å². The highest BCUT2D eigenvalue weighted by Crippen LogP contribution is 2.37. The van der Waals surface area contributed by atoms with Crippen LogP contribution < -0.4 is 10.6 Å². The molecule has 6 nitrogen and oxygen atoms in total. The molecule has 6 heteroatoms. The summed E-state index contributed by atoms with van der Waals surface area (Å²) in [6, 6.07) is 0. The molecule has 3 rings (SSSR count). The van der Waals surface area contributed by atoms with E-state index in [9.17, 15) is 9.59 Å². The van der Waals surface area contributed by atoms with Gasteiger partial charge in [-0.15, -0.1) is 0 Å². The van der Waals surface area contributed by atoms with Crippen molar-refractivity contribution < 1.29 is 19.1 Å². The zero-order valence-electron chi connectivity index (χ0n) is 21.6. The van der Waals surface area contributed by atoms with Crippen LogP contribution in [0.1, 0.15) is 107 Å². The molecule has 3 aliphatic rings. The number of carbonyl (C=O) groups excluding carboxylic acids is 2. The molecular weight excluding hydrogens is 404 g/mol. The number of esters is 2. The fraction of sp³-hybridized carbons (Fsp3) is 0.923. The van der Waals surface area contributed by atoms with Gasteiger partial charge in [-0.2, -0.15) is 0 Å². The second kappa shape index (κ2) is 8.90. The minimum Gasteiger partial charge on any atom is -0.462 e. The van der Waals surface area contributed by atoms with Crippen molar-refractivity contribution in [1.29, 1.82) is 0 Å². The minimum absolute atomic E-state index is 0.0911. The Morgan fingerprint density at radius 2 is 0.875 bits per heavy atom. The van der Waals surface area contributed by atoms with Crippen LogP contribution in [0.25, 0.3) is 0 Å². The maximum Gasteiger partial charge on any atom is 0.310 e. The zero-order valence-corrected chi connectivity index (χ0v) is 21.6. The van der Waals surface area contributed by atoms with Crippen molar-refractivity contribution in [3.05, 3.63) is 0 Å². The topological polar surface area (TPSA) is 76.7 Å². The lowest BCUT2D eigenvalue weighted by Crippen LogP contribution is -2.60. The second-order valence-electron chi connectivity index (χ2n) is 13.2. The number of piperidine rings is 2. The molecule has 2 atom stereocenters. The Bertz CT molecular complexity index is 621. The third-order valence-electron chi connectivity index (χ3n) is 7.24. The Kier molecular flexibility index (Phi) is 7.09. The summed E-state index contributed by atoms with van der Waals surface area (Å²) in [6.45, 7) is 17.2. The highest BCUT2D eigenvalue weighted by molar-refractivity contribution is 5.82. The quantitative estimate of drug-likeness (QED) is 0.614. The van der Waals surface area contributed by atoms with Crippen molar-refractivity contribution in [1.82, 2.24) is 10.6 Å². The van der Waals surface area contributed by atoms with Crippen LogP contribution in [0.5, 0.6) is 0 Å². The zero-order chi connectivity index (χ0) is 23.9. The van der Waals surface area contributed by atoms with Crippen LogP contribution in [-0.4, -0.2) is 46.3 Å². The maximum absolute atomic E-state index is 13.2. The molecule has 3 fully saturated rings. The molecular formula is C26H46N2O4. The number of nitrogens with one attached hydrogen (secondary N) is 2. The van der Waals surface area contributed by atoms with Gasteiger partial charge < -0.3 is 20.1 Å². The van der Waals surface area contributed by atoms with Gasteiger partial charge >= 0.3 is 11.9 Å². The van der Waals surface area contributed by atoms with Gasteiger partial charge in [-0.3, -0.25) is 9.59 Å². The molecule has 2 unspecified atom stereocenters. The van der Waals surface area contributed by atoms with Crippen LogP contribution in [0, 0.1) is 11.8 Å². The van der Waals surface area contributed by atoms with E-state index in [-0.39, 0.29) is 58.1 Å². The van der Waals surface area contributed by atoms with Gasteiger partial charge in [0.05, 0.1) is 11.8 Å². The summed E-state index contributed by atoms with van der Waals surface area (Å²) in [5, 5.41) is 7.26. The standard InChI is InChI=1S/C26H46N2O4/c1-23(2)13-17(14-24(3,4)27-23)31-21(29)19-11-9-10-12-20(19)22(30)32-18-15-25(5,6)28-26(7,8)16-18/h17-20,27-28H,9-16H2,1-8H3. The van der Waals surface area contributed by atoms with Gasteiger partial charge in [-0.1, -0.05) is 12.8 Å². The van der Waals surface area contributed by atoms with Crippen molar-refractivity contribution in [3.63, 3.8) is 0 Å². The van der Waals surface area contributed by atoms with E-state index in [1.165, 1.54) is 0 Å². The van der Waals surface area contributed by atoms with E-state index in [2.05, 4.69) is 66.0 Å². The molecule has 1 saturated carbocycles. The number of hydrogen-bond donors (Lipinski definition) is 2. The lowest BCUT2D eigenvalue weighted by atomic mass is 9.78. The van der Waals surface area contributed by atoms with E-state index >= 15 is 0 Å². The van der Waals surface area contributed by atoms with Gasteiger partial charge in [-0.05, 0) is 68.2 Å². The van der Waals surface area contributed by atoms with E-state index in [0.717, 1.165) is 38.5 Å². The molecule has 0 radical (unpaired) electrons. The first-order valence-corrected chi connectivity index (χ1v) is 12.6. The lowest BCUT2D eigenvalue weighted by Gasteiger charge is -2.46. The second-order valence-corrected chi connectivity index (χ2v) is 13.2. The summed E-state index contributed by atoms with van der Waals surface area (Å²) in [7, 11) is 0. The Balaban J connectivity index is 1.65. The molecule has 184 valence electrons. The molecule has 0 bridgehead atoms. The van der Waals surface area contributed by atoms with Crippen LogP contribution in [0.4, 0.5) is 0 Å². The van der Waals surface area contributed by atoms with Gasteiger partial charge in [0.1, 0.15) is 12.2 Å². The third-order valence-corrected chi connectivity index (χ3v) is 7.24. The Morgan fingerprint density at radius 1 is 0.594 bits per heavy atom. The molecule has 2 N–H and O–H groups in total. The molecule has 32 heavy (non-hydrogen) atoms. The Morgan fingerprint density at radius 3 is 1.16 bits per heavy atom. The predicted octanol–water partition coefficient (Wildman–Crippen LogP) is 4.50. The predicted molar refractivity (Wildman–Crippen MR) is 126 cm³/mol. The van der Waals surface area contributed by atoms with Gasteiger partial charge in [-0.25, -0.2) is 0 Å². The summed E-state index contributed by atoms with van der Waals surface area (Å²) in [5.41, 5.74) is -0.364. The SMILES string of the molecule is CC1(C)CC(OC(=O)C2CCCCC2C(=O)OC2CC(C)(C)NC(C)(C)C2)CC(C)(C)N1. The van der Waals surface area contributed by atoms with Crippen molar-refractivity contribution in [2.75, 3.05) is 0 Å². The van der Waals surface area contributed by atoms with Crippen LogP contribution >= 0.6 is 0 Å². The summed E-state index contributed by atoms with van der Waals surface area (Å²) < 4.78 is 12.1. The number of carbonyl (C=O) groups is 2. The van der Waals surface area contributed by atoms with E-state index in [4.69, 9.17) is 9.47 Å². The molecule has 2 saturated heterocycles. The van der Waals surface area contributed by atoms with Gasteiger partial charge in [0.15, 0.2) is 0 Å². The molecule has 2 heterocycles. The van der Waals surface area contributed by atoms with Crippen molar-refractivity contribution in [3.8, 4) is 0 Å². The fourth-order valence-corrected chi connectivity index (χ4v) is 6.82. The fourth-order valence-electron chi connectivity index (χ4n) is 6.82. The highest BCUT2D eigenvalue weighted by atomic mass is 16.6. The van der Waals surface area contributed by atoms with Crippen molar-refractivity contribution in [2.45, 2.75) is 141 Å². The van der Waals surface area contributed by atoms with Crippen LogP contribution in [0.15, 0.2) is 0 Å². The molecule has 0 aromatic heterocycles. The Labute approximate surface area is 194 Å². The summed E-state index contributed by atoms with van der Waals surface area (Å²) in [4.78, 5) is 26.5. The summed E-state index contributed by atoms with van der Waals surface area (Å²) in [6.07, 6.45) is 6.20. The molecule has 0 amide bonds. The van der Waals surface area contributed by atoms with Gasteiger partial charge in [0.2, 0.25) is 0 Å². The number of hydrogen-bond acceptors (Lipinski definition) is 6. The average molecular weight is 451 g/mol. The first-order valence-electron chi connectivity index (χ1n) is 12.6. The molecule has 0 aromatic carbocycles. The minimum atomic E-state index is -0.389. The molecule has 1 aliphatic carbocycles. The van der Waals surface area contributed by atoms with Crippen LogP contribution in [0.2, 0.25) is 0 Å². The summed E-state index contributed by atoms with van der Waals surface area (Å²) in [5.74, 6) is -1.20. The molecule has 0 spiro atoms. The van der Waals surface area contributed by atoms with Gasteiger partial charge in [0.25, 0.3) is 0 Å². The van der Waals surface area contributed by atoms with Crippen molar-refractivity contribution in [2.24, 2.45) is 11.8 Å². The Hall–Kier alpha value is -1.14. The van der Waals surface area contributed by atoms with E-state index in [0.29, 0.717) is 12.8 Å². The first-order chi connectivity index (χ1) is 14.6. The van der Waals surface area contributed by atoms with E-state index < -0.39 is 0 Å². The largest absolute Gasteiger partial charge is 0.462 e. The maximum atomic E-state index is 13.2. The third kappa shape index (κ3) is 6.69. The number of ether oxygens (including phenoxy) is 2. The molecule has 2 aliphatic heterocycles. The average Bonchev–Trinajstić information content (AvgIpc) is 2.55. The van der Waals surface area contributed by atoms with Crippen LogP contribution in [0.3, 0.4) is 0 Å². The monoisotopic (exact) mass is 450 g/mol. The van der Waals surface area contributed by atoms with Crippen LogP contribution in [-0.2, 0) is 19.1 Å². The molecule has 0 aromatic rings. The highest BCUT2D eigenvalue weighted by Gasteiger charge is 2.45. The van der Waals surface area contributed by atoms with E-state index in [1.807, 2.05) is 0 Å². The lowest BCUT2D eigenvalue weighted by molar-refractivity contribution is -0.173. The van der Waals surface area contributed by atoms with E-state index in [1.54, 1.807) is 0 Å². The number of rotatable bonds is 4. The normalized spacial score (nSPS) is 32.1. The van der Waals surface area contributed by atoms with Gasteiger partial charge in [0, 0.05) is 47.8 Å². The smallest absolute Gasteiger partial charge is 0.310 e. The summed E-state index contributed by atoms with van der Waals surface area (Å²) >= 11 is 0.